The van der Waals surface area contributed by atoms with Crippen molar-refractivity contribution in [1.29, 1.82) is 0 Å². The normalized spacial score (nSPS) is 10.0. The van der Waals surface area contributed by atoms with Gasteiger partial charge in [0.1, 0.15) is 18.1 Å². The van der Waals surface area contributed by atoms with Crippen molar-refractivity contribution in [2.45, 2.75) is 33.3 Å². The number of phenolic OH excluding ortho intramolecular Hbond substituents is 1. The summed E-state index contributed by atoms with van der Waals surface area (Å²) in [6, 6.07) is 4.86. The molecule has 0 saturated heterocycles. The summed E-state index contributed by atoms with van der Waals surface area (Å²) in [5.41, 5.74) is 0.715. The SMILES string of the molecule is CCCCOc1cc(O)cc(COC(C)=O)c1. The van der Waals surface area contributed by atoms with Crippen LogP contribution in [0.2, 0.25) is 0 Å². The number of benzene rings is 1. The van der Waals surface area contributed by atoms with E-state index in [0.717, 1.165) is 12.8 Å². The molecule has 17 heavy (non-hydrogen) atoms. The number of carbonyl (C=O) groups is 1. The van der Waals surface area contributed by atoms with E-state index in [2.05, 4.69) is 6.92 Å². The molecule has 0 aliphatic heterocycles. The van der Waals surface area contributed by atoms with Crippen LogP contribution in [0.1, 0.15) is 32.3 Å². The van der Waals surface area contributed by atoms with Crippen molar-refractivity contribution in [1.82, 2.24) is 0 Å². The van der Waals surface area contributed by atoms with Crippen molar-refractivity contribution in [2.24, 2.45) is 0 Å². The molecule has 1 N–H and O–H groups in total. The third-order valence-electron chi connectivity index (χ3n) is 2.16. The first kappa shape index (κ1) is 13.4. The maximum atomic E-state index is 10.7. The maximum absolute atomic E-state index is 10.7. The van der Waals surface area contributed by atoms with Gasteiger partial charge in [0.2, 0.25) is 0 Å². The lowest BCUT2D eigenvalue weighted by molar-refractivity contribution is -0.142. The number of hydrogen-bond acceptors (Lipinski definition) is 4. The molecule has 1 aromatic carbocycles. The zero-order valence-electron chi connectivity index (χ0n) is 10.2. The van der Waals surface area contributed by atoms with E-state index < -0.39 is 0 Å². The molecule has 0 amide bonds. The average Bonchev–Trinajstić information content (AvgIpc) is 2.26. The van der Waals surface area contributed by atoms with Gasteiger partial charge in [-0.15, -0.1) is 0 Å². The van der Waals surface area contributed by atoms with E-state index in [9.17, 15) is 9.90 Å². The quantitative estimate of drug-likeness (QED) is 0.611. The Morgan fingerprint density at radius 2 is 2.12 bits per heavy atom. The van der Waals surface area contributed by atoms with Gasteiger partial charge in [-0.3, -0.25) is 4.79 Å². The van der Waals surface area contributed by atoms with Gasteiger partial charge < -0.3 is 14.6 Å². The van der Waals surface area contributed by atoms with Crippen LogP contribution in [-0.4, -0.2) is 17.7 Å². The third-order valence-corrected chi connectivity index (χ3v) is 2.16. The minimum absolute atomic E-state index is 0.112. The summed E-state index contributed by atoms with van der Waals surface area (Å²) in [5.74, 6) is 0.364. The number of unbranched alkanes of at least 4 members (excludes halogenated alkanes) is 1. The molecule has 0 saturated carbocycles. The zero-order chi connectivity index (χ0) is 12.7. The first-order valence-electron chi connectivity index (χ1n) is 5.71. The summed E-state index contributed by atoms with van der Waals surface area (Å²) in [7, 11) is 0. The van der Waals surface area contributed by atoms with Crippen molar-refractivity contribution >= 4 is 5.97 Å². The van der Waals surface area contributed by atoms with E-state index in [1.54, 1.807) is 18.2 Å². The molecule has 0 aliphatic carbocycles. The van der Waals surface area contributed by atoms with Crippen molar-refractivity contribution in [3.8, 4) is 11.5 Å². The second-order valence-corrected chi connectivity index (χ2v) is 3.82. The number of hydrogen-bond donors (Lipinski definition) is 1. The van der Waals surface area contributed by atoms with Crippen LogP contribution in [0.25, 0.3) is 0 Å². The second kappa shape index (κ2) is 6.78. The Hall–Kier alpha value is -1.71. The zero-order valence-corrected chi connectivity index (χ0v) is 10.2. The Bertz CT molecular complexity index is 374. The van der Waals surface area contributed by atoms with Gasteiger partial charge in [-0.2, -0.15) is 0 Å². The predicted molar refractivity (Wildman–Crippen MR) is 64.0 cm³/mol. The molecule has 0 radical (unpaired) electrons. The molecule has 1 aromatic rings. The van der Waals surface area contributed by atoms with Crippen molar-refractivity contribution < 1.29 is 19.4 Å². The molecule has 0 atom stereocenters. The number of esters is 1. The van der Waals surface area contributed by atoms with Gasteiger partial charge in [0.25, 0.3) is 0 Å². The molecule has 0 heterocycles. The Labute approximate surface area is 101 Å². The van der Waals surface area contributed by atoms with Crippen molar-refractivity contribution in [2.75, 3.05) is 6.61 Å². The Kier molecular flexibility index (Phi) is 5.33. The number of aromatic hydroxyl groups is 1. The minimum atomic E-state index is -0.346. The van der Waals surface area contributed by atoms with Gasteiger partial charge in [0.05, 0.1) is 6.61 Å². The Morgan fingerprint density at radius 3 is 2.76 bits per heavy atom. The van der Waals surface area contributed by atoms with Gasteiger partial charge in [-0.1, -0.05) is 13.3 Å². The van der Waals surface area contributed by atoms with E-state index in [1.165, 1.54) is 6.92 Å². The van der Waals surface area contributed by atoms with Gasteiger partial charge >= 0.3 is 5.97 Å². The second-order valence-electron chi connectivity index (χ2n) is 3.82. The van der Waals surface area contributed by atoms with Crippen LogP contribution in [0.5, 0.6) is 11.5 Å². The number of ether oxygens (including phenoxy) is 2. The van der Waals surface area contributed by atoms with Crippen LogP contribution in [0.4, 0.5) is 0 Å². The fourth-order valence-electron chi connectivity index (χ4n) is 1.33. The van der Waals surface area contributed by atoms with Gasteiger partial charge in [-0.25, -0.2) is 0 Å². The standard InChI is InChI=1S/C13H18O4/c1-3-4-5-16-13-7-11(6-12(15)8-13)9-17-10(2)14/h6-8,15H,3-5,9H2,1-2H3. The van der Waals surface area contributed by atoms with Crippen molar-refractivity contribution in [3.05, 3.63) is 23.8 Å². The summed E-state index contributed by atoms with van der Waals surface area (Å²) >= 11 is 0. The molecule has 0 unspecified atom stereocenters. The lowest BCUT2D eigenvalue weighted by atomic mass is 10.2. The predicted octanol–water partition coefficient (Wildman–Crippen LogP) is 2.63. The fourth-order valence-corrected chi connectivity index (χ4v) is 1.33. The maximum Gasteiger partial charge on any atom is 0.302 e. The van der Waals surface area contributed by atoms with Crippen LogP contribution in [-0.2, 0) is 16.1 Å². The topological polar surface area (TPSA) is 55.8 Å². The van der Waals surface area contributed by atoms with E-state index in [-0.39, 0.29) is 18.3 Å². The summed E-state index contributed by atoms with van der Waals surface area (Å²) in [6.45, 7) is 4.19. The first-order chi connectivity index (χ1) is 8.11. The highest BCUT2D eigenvalue weighted by molar-refractivity contribution is 5.65. The van der Waals surface area contributed by atoms with E-state index in [1.807, 2.05) is 0 Å². The molecule has 4 heteroatoms. The van der Waals surface area contributed by atoms with Crippen LogP contribution in [0, 0.1) is 0 Å². The van der Waals surface area contributed by atoms with E-state index in [0.29, 0.717) is 17.9 Å². The highest BCUT2D eigenvalue weighted by Gasteiger charge is 2.03. The van der Waals surface area contributed by atoms with Gasteiger partial charge in [0, 0.05) is 13.0 Å². The average molecular weight is 238 g/mol. The molecular weight excluding hydrogens is 220 g/mol. The molecule has 0 aliphatic rings. The van der Waals surface area contributed by atoms with Gasteiger partial charge in [-0.05, 0) is 24.1 Å². The molecule has 0 fully saturated rings. The van der Waals surface area contributed by atoms with Crippen molar-refractivity contribution in [3.63, 3.8) is 0 Å². The summed E-state index contributed by atoms with van der Waals surface area (Å²) in [4.78, 5) is 10.7. The van der Waals surface area contributed by atoms with Crippen LogP contribution < -0.4 is 4.74 Å². The van der Waals surface area contributed by atoms with Gasteiger partial charge in [0.15, 0.2) is 0 Å². The minimum Gasteiger partial charge on any atom is -0.508 e. The smallest absolute Gasteiger partial charge is 0.302 e. The lowest BCUT2D eigenvalue weighted by Crippen LogP contribution is -2.00. The monoisotopic (exact) mass is 238 g/mol. The summed E-state index contributed by atoms with van der Waals surface area (Å²) in [6.07, 6.45) is 2.02. The third kappa shape index (κ3) is 5.24. The molecule has 4 nitrogen and oxygen atoms in total. The highest BCUT2D eigenvalue weighted by Crippen LogP contribution is 2.22. The number of carbonyl (C=O) groups excluding carboxylic acids is 1. The van der Waals surface area contributed by atoms with E-state index in [4.69, 9.17) is 9.47 Å². The summed E-state index contributed by atoms with van der Waals surface area (Å²) < 4.78 is 10.3. The van der Waals surface area contributed by atoms with Crippen LogP contribution in [0.3, 0.4) is 0 Å². The Balaban J connectivity index is 2.62. The molecule has 1 rings (SSSR count). The molecule has 94 valence electrons. The summed E-state index contributed by atoms with van der Waals surface area (Å²) in [5, 5.41) is 9.50. The fraction of sp³-hybridized carbons (Fsp3) is 0.462. The largest absolute Gasteiger partial charge is 0.508 e. The number of phenols is 1. The molecular formula is C13H18O4. The molecule has 0 spiro atoms. The number of rotatable bonds is 6. The van der Waals surface area contributed by atoms with E-state index >= 15 is 0 Å². The Morgan fingerprint density at radius 1 is 1.35 bits per heavy atom. The highest BCUT2D eigenvalue weighted by atomic mass is 16.5. The lowest BCUT2D eigenvalue weighted by Gasteiger charge is -2.08. The molecule has 0 bridgehead atoms. The van der Waals surface area contributed by atoms with Crippen LogP contribution in [0.15, 0.2) is 18.2 Å². The first-order valence-corrected chi connectivity index (χ1v) is 5.71. The molecule has 0 aromatic heterocycles. The van der Waals surface area contributed by atoms with Crippen LogP contribution >= 0.6 is 0 Å².